The van der Waals surface area contributed by atoms with E-state index in [1.165, 1.54) is 24.6 Å². The summed E-state index contributed by atoms with van der Waals surface area (Å²) < 4.78 is 5.62. The van der Waals surface area contributed by atoms with Crippen LogP contribution in [0.1, 0.15) is 33.1 Å². The number of thioether (sulfide) groups is 1. The number of rotatable bonds is 4. The Morgan fingerprint density at radius 3 is 3.00 bits per heavy atom. The minimum Gasteiger partial charge on any atom is -0.431 e. The van der Waals surface area contributed by atoms with Crippen molar-refractivity contribution in [2.45, 2.75) is 44.4 Å². The quantitative estimate of drug-likeness (QED) is 0.870. The molecule has 1 fully saturated rings. The van der Waals surface area contributed by atoms with Gasteiger partial charge >= 0.3 is 0 Å². The van der Waals surface area contributed by atoms with Crippen molar-refractivity contribution in [1.82, 2.24) is 10.3 Å². The van der Waals surface area contributed by atoms with Crippen LogP contribution in [0.15, 0.2) is 33.9 Å². The fraction of sp³-hybridized carbons (Fsp3) is 0.529. The van der Waals surface area contributed by atoms with Crippen LogP contribution in [0.2, 0.25) is 0 Å². The molecule has 0 aliphatic heterocycles. The van der Waals surface area contributed by atoms with Gasteiger partial charge in [0.2, 0.25) is 5.91 Å². The lowest BCUT2D eigenvalue weighted by Gasteiger charge is -2.34. The Hall–Kier alpha value is -1.49. The molecule has 1 aliphatic carbocycles. The monoisotopic (exact) mass is 318 g/mol. The van der Waals surface area contributed by atoms with Crippen LogP contribution < -0.4 is 5.32 Å². The number of carbonyl (C=O) groups excluding carboxylic acids is 1. The number of nitrogens with zero attached hydrogens (tertiary/aromatic N) is 1. The van der Waals surface area contributed by atoms with E-state index in [1.54, 1.807) is 0 Å². The zero-order valence-corrected chi connectivity index (χ0v) is 13.9. The summed E-state index contributed by atoms with van der Waals surface area (Å²) in [5, 5.41) is 3.73. The number of carbonyl (C=O) groups is 1. The number of aromatic nitrogens is 1. The van der Waals surface area contributed by atoms with Crippen LogP contribution >= 0.6 is 11.8 Å². The first kappa shape index (κ1) is 15.4. The van der Waals surface area contributed by atoms with E-state index >= 15 is 0 Å². The lowest BCUT2D eigenvalue weighted by atomic mass is 9.78. The Balaban J connectivity index is 1.53. The fourth-order valence-electron chi connectivity index (χ4n) is 3.07. The molecule has 1 amide bonds. The van der Waals surface area contributed by atoms with Crippen molar-refractivity contribution in [2.24, 2.45) is 11.8 Å². The molecule has 1 saturated carbocycles. The first-order valence-corrected chi connectivity index (χ1v) is 8.90. The Bertz CT molecular complexity index is 622. The molecular weight excluding hydrogens is 296 g/mol. The Kier molecular flexibility index (Phi) is 4.71. The highest BCUT2D eigenvalue weighted by molar-refractivity contribution is 7.99. The molecule has 3 rings (SSSR count). The number of hydrogen-bond acceptors (Lipinski definition) is 4. The van der Waals surface area contributed by atoms with Crippen LogP contribution in [0.3, 0.4) is 0 Å². The van der Waals surface area contributed by atoms with Gasteiger partial charge in [0, 0.05) is 6.04 Å². The van der Waals surface area contributed by atoms with Crippen molar-refractivity contribution in [1.29, 1.82) is 0 Å². The lowest BCUT2D eigenvalue weighted by molar-refractivity contribution is -0.120. The minimum absolute atomic E-state index is 0.0678. The van der Waals surface area contributed by atoms with Gasteiger partial charge < -0.3 is 9.73 Å². The predicted octanol–water partition coefficient (Wildman–Crippen LogP) is 3.86. The van der Waals surface area contributed by atoms with E-state index in [2.05, 4.69) is 24.1 Å². The Morgan fingerprint density at radius 1 is 1.36 bits per heavy atom. The second kappa shape index (κ2) is 6.73. The number of amides is 1. The maximum absolute atomic E-state index is 12.2. The van der Waals surface area contributed by atoms with Crippen LogP contribution in [-0.2, 0) is 4.79 Å². The number of hydrogen-bond donors (Lipinski definition) is 1. The molecule has 0 saturated heterocycles. The molecule has 1 aromatic heterocycles. The molecule has 1 heterocycles. The van der Waals surface area contributed by atoms with E-state index in [9.17, 15) is 4.79 Å². The van der Waals surface area contributed by atoms with Gasteiger partial charge in [-0.1, -0.05) is 50.6 Å². The molecule has 118 valence electrons. The van der Waals surface area contributed by atoms with Crippen molar-refractivity contribution < 1.29 is 9.21 Å². The Labute approximate surface area is 135 Å². The van der Waals surface area contributed by atoms with E-state index in [-0.39, 0.29) is 5.91 Å². The number of fused-ring (bicyclic) bond motifs is 1. The third kappa shape index (κ3) is 3.46. The number of para-hydroxylation sites is 2. The minimum atomic E-state index is 0.0678. The summed E-state index contributed by atoms with van der Waals surface area (Å²) in [6.45, 7) is 4.51. The van der Waals surface area contributed by atoms with Gasteiger partial charge in [0.25, 0.3) is 5.22 Å². The van der Waals surface area contributed by atoms with E-state index < -0.39 is 0 Å². The summed E-state index contributed by atoms with van der Waals surface area (Å²) in [4.78, 5) is 16.5. The van der Waals surface area contributed by atoms with Gasteiger partial charge in [-0.2, -0.15) is 0 Å². The summed E-state index contributed by atoms with van der Waals surface area (Å²) in [5.74, 6) is 1.65. The summed E-state index contributed by atoms with van der Waals surface area (Å²) >= 11 is 1.36. The van der Waals surface area contributed by atoms with Gasteiger partial charge in [0.05, 0.1) is 5.75 Å². The van der Waals surface area contributed by atoms with Gasteiger partial charge in [-0.05, 0) is 30.4 Å². The van der Waals surface area contributed by atoms with Crippen LogP contribution in [0, 0.1) is 11.8 Å². The molecule has 0 unspecified atom stereocenters. The molecule has 0 spiro atoms. The van der Waals surface area contributed by atoms with Gasteiger partial charge in [-0.25, -0.2) is 4.98 Å². The second-order valence-corrected chi connectivity index (χ2v) is 7.10. The third-order valence-electron chi connectivity index (χ3n) is 4.65. The number of benzene rings is 1. The highest BCUT2D eigenvalue weighted by Crippen LogP contribution is 2.29. The number of nitrogens with one attached hydrogen (secondary N) is 1. The van der Waals surface area contributed by atoms with Crippen molar-refractivity contribution in [3.05, 3.63) is 24.3 Å². The van der Waals surface area contributed by atoms with Crippen LogP contribution in [0.5, 0.6) is 0 Å². The van der Waals surface area contributed by atoms with Crippen molar-refractivity contribution in [3.63, 3.8) is 0 Å². The summed E-state index contributed by atoms with van der Waals surface area (Å²) in [5.41, 5.74) is 1.60. The average molecular weight is 318 g/mol. The molecule has 2 aromatic rings. The maximum atomic E-state index is 12.2. The van der Waals surface area contributed by atoms with E-state index in [1.807, 2.05) is 24.3 Å². The average Bonchev–Trinajstić information content (AvgIpc) is 2.93. The maximum Gasteiger partial charge on any atom is 0.257 e. The summed E-state index contributed by atoms with van der Waals surface area (Å²) in [6, 6.07) is 7.95. The molecule has 4 nitrogen and oxygen atoms in total. The van der Waals surface area contributed by atoms with Crippen molar-refractivity contribution in [2.75, 3.05) is 5.75 Å². The van der Waals surface area contributed by atoms with Crippen LogP contribution in [0.4, 0.5) is 0 Å². The largest absolute Gasteiger partial charge is 0.431 e. The molecular formula is C17H22N2O2S. The zero-order valence-electron chi connectivity index (χ0n) is 13.0. The predicted molar refractivity (Wildman–Crippen MR) is 88.8 cm³/mol. The summed E-state index contributed by atoms with van der Waals surface area (Å²) in [6.07, 6.45) is 3.56. The van der Waals surface area contributed by atoms with E-state index in [0.29, 0.717) is 28.9 Å². The second-order valence-electron chi connectivity index (χ2n) is 6.18. The first-order chi connectivity index (χ1) is 10.6. The first-order valence-electron chi connectivity index (χ1n) is 7.91. The number of oxazole rings is 1. The van der Waals surface area contributed by atoms with E-state index in [4.69, 9.17) is 4.42 Å². The molecule has 0 bridgehead atoms. The van der Waals surface area contributed by atoms with E-state index in [0.717, 1.165) is 17.5 Å². The van der Waals surface area contributed by atoms with Gasteiger partial charge in [-0.15, -0.1) is 0 Å². The van der Waals surface area contributed by atoms with Gasteiger partial charge in [0.15, 0.2) is 5.58 Å². The molecule has 1 N–H and O–H groups in total. The van der Waals surface area contributed by atoms with Gasteiger partial charge in [-0.3, -0.25) is 4.79 Å². The van der Waals surface area contributed by atoms with Crippen LogP contribution in [-0.4, -0.2) is 22.7 Å². The molecule has 3 atom stereocenters. The molecule has 0 radical (unpaired) electrons. The Morgan fingerprint density at radius 2 is 2.18 bits per heavy atom. The highest BCUT2D eigenvalue weighted by atomic mass is 32.2. The normalized spacial score (nSPS) is 25.3. The standard InChI is InChI=1S/C17H22N2O2S/c1-11-6-5-8-13(12(11)2)18-16(20)10-22-17-19-14-7-3-4-9-15(14)21-17/h3-4,7,9,11-13H,5-6,8,10H2,1-2H3,(H,18,20)/t11-,12+,13-/m1/s1. The molecule has 1 aliphatic rings. The van der Waals surface area contributed by atoms with Crippen molar-refractivity contribution >= 4 is 28.8 Å². The summed E-state index contributed by atoms with van der Waals surface area (Å²) in [7, 11) is 0. The third-order valence-corrected chi connectivity index (χ3v) is 5.48. The van der Waals surface area contributed by atoms with Crippen LogP contribution in [0.25, 0.3) is 11.1 Å². The van der Waals surface area contributed by atoms with Crippen molar-refractivity contribution in [3.8, 4) is 0 Å². The molecule has 22 heavy (non-hydrogen) atoms. The van der Waals surface area contributed by atoms with Gasteiger partial charge in [0.1, 0.15) is 5.52 Å². The highest BCUT2D eigenvalue weighted by Gasteiger charge is 2.28. The lowest BCUT2D eigenvalue weighted by Crippen LogP contribution is -2.44. The zero-order chi connectivity index (χ0) is 15.5. The topological polar surface area (TPSA) is 55.1 Å². The fourth-order valence-corrected chi connectivity index (χ4v) is 3.72. The SMILES string of the molecule is C[C@H]1[C@H](C)CCC[C@H]1NC(=O)CSc1nc2ccccc2o1. The molecule has 5 heteroatoms. The molecule has 1 aromatic carbocycles. The smallest absolute Gasteiger partial charge is 0.257 e.